The molecule has 4 aromatic rings. The Morgan fingerprint density at radius 1 is 1.00 bits per heavy atom. The minimum Gasteiger partial charge on any atom is -0.496 e. The van der Waals surface area contributed by atoms with Crippen molar-refractivity contribution in [3.8, 4) is 5.75 Å². The second-order valence-electron chi connectivity index (χ2n) is 7.75. The van der Waals surface area contributed by atoms with Gasteiger partial charge in [-0.05, 0) is 53.9 Å². The third-order valence-electron chi connectivity index (χ3n) is 5.46. The highest BCUT2D eigenvalue weighted by molar-refractivity contribution is 6.06. The molecule has 0 atom stereocenters. The minimum atomic E-state index is -0.533. The Kier molecular flexibility index (Phi) is 6.31. The number of fused-ring (bicyclic) bond motifs is 1. The second kappa shape index (κ2) is 9.48. The third kappa shape index (κ3) is 4.82. The van der Waals surface area contributed by atoms with Gasteiger partial charge in [0, 0.05) is 23.9 Å². The van der Waals surface area contributed by atoms with Crippen LogP contribution in [0.15, 0.2) is 67.0 Å². The maximum atomic E-state index is 12.8. The van der Waals surface area contributed by atoms with Crippen LogP contribution in [0.1, 0.15) is 37.4 Å². The number of ketones is 1. The monoisotopic (exact) mass is 440 g/mol. The number of nitrogens with one attached hydrogen (secondary N) is 1. The van der Waals surface area contributed by atoms with Crippen LogP contribution in [0.4, 0.5) is 5.82 Å². The summed E-state index contributed by atoms with van der Waals surface area (Å²) in [5, 5.41) is 4.02. The van der Waals surface area contributed by atoms with Crippen molar-refractivity contribution < 1.29 is 14.3 Å². The molecule has 33 heavy (non-hydrogen) atoms. The third-order valence-corrected chi connectivity index (χ3v) is 5.46. The summed E-state index contributed by atoms with van der Waals surface area (Å²) in [4.78, 5) is 33.0. The number of methoxy groups -OCH3 is 1. The van der Waals surface area contributed by atoms with Gasteiger partial charge in [-0.25, -0.2) is 9.97 Å². The Labute approximate surface area is 191 Å². The van der Waals surface area contributed by atoms with E-state index in [0.717, 1.165) is 27.8 Å². The maximum absolute atomic E-state index is 12.8. The van der Waals surface area contributed by atoms with E-state index in [-0.39, 0.29) is 5.78 Å². The molecule has 7 nitrogen and oxygen atoms in total. The Balaban J connectivity index is 1.49. The van der Waals surface area contributed by atoms with Crippen molar-refractivity contribution in [3.05, 3.63) is 94.8 Å². The molecule has 0 bridgehead atoms. The van der Waals surface area contributed by atoms with Crippen molar-refractivity contribution in [2.24, 2.45) is 5.73 Å². The number of anilines is 1. The number of primary amides is 1. The van der Waals surface area contributed by atoms with E-state index in [1.807, 2.05) is 49.4 Å². The van der Waals surface area contributed by atoms with Gasteiger partial charge < -0.3 is 15.8 Å². The summed E-state index contributed by atoms with van der Waals surface area (Å²) in [6.07, 6.45) is 1.71. The molecule has 1 amide bonds. The number of nitrogens with zero attached hydrogens (tertiary/aromatic N) is 2. The molecule has 166 valence electrons. The standard InChI is InChI=1S/C26H24N4O3/c1-16-11-19(9-10-23(16)33-2)22(31)13-17-5-3-6-18(12-17)14-28-26-21-8-4-7-20(25(27)32)24(21)29-15-30-26/h3-12,15H,13-14H2,1-2H3,(H2,27,32)(H,28,29,30). The summed E-state index contributed by atoms with van der Waals surface area (Å²) in [5.74, 6) is 0.888. The molecule has 0 aliphatic carbocycles. The zero-order valence-corrected chi connectivity index (χ0v) is 18.5. The Morgan fingerprint density at radius 2 is 1.79 bits per heavy atom. The molecule has 0 radical (unpaired) electrons. The van der Waals surface area contributed by atoms with Crippen LogP contribution in [-0.2, 0) is 13.0 Å². The van der Waals surface area contributed by atoms with E-state index in [2.05, 4.69) is 15.3 Å². The molecule has 3 N–H and O–H groups in total. The summed E-state index contributed by atoms with van der Waals surface area (Å²) in [6.45, 7) is 2.42. The molecular formula is C26H24N4O3. The number of aromatic nitrogens is 2. The van der Waals surface area contributed by atoms with E-state index in [1.165, 1.54) is 6.33 Å². The van der Waals surface area contributed by atoms with E-state index in [4.69, 9.17) is 10.5 Å². The lowest BCUT2D eigenvalue weighted by atomic mass is 10.00. The maximum Gasteiger partial charge on any atom is 0.250 e. The molecular weight excluding hydrogens is 416 g/mol. The highest BCUT2D eigenvalue weighted by Gasteiger charge is 2.12. The molecule has 1 aromatic heterocycles. The average molecular weight is 441 g/mol. The summed E-state index contributed by atoms with van der Waals surface area (Å²) in [6, 6.07) is 18.6. The van der Waals surface area contributed by atoms with Gasteiger partial charge in [-0.15, -0.1) is 0 Å². The van der Waals surface area contributed by atoms with Crippen molar-refractivity contribution in [1.82, 2.24) is 9.97 Å². The van der Waals surface area contributed by atoms with Crippen molar-refractivity contribution in [3.63, 3.8) is 0 Å². The van der Waals surface area contributed by atoms with Crippen LogP contribution >= 0.6 is 0 Å². The Bertz CT molecular complexity index is 1350. The molecule has 1 heterocycles. The number of carbonyl (C=O) groups is 2. The first-order valence-corrected chi connectivity index (χ1v) is 10.5. The van der Waals surface area contributed by atoms with Gasteiger partial charge in [0.2, 0.25) is 0 Å². The highest BCUT2D eigenvalue weighted by atomic mass is 16.5. The molecule has 0 unspecified atom stereocenters. The molecule has 4 rings (SSSR count). The number of aryl methyl sites for hydroxylation is 1. The lowest BCUT2D eigenvalue weighted by molar-refractivity contribution is 0.0988. The fraction of sp³-hybridized carbons (Fsp3) is 0.154. The fourth-order valence-electron chi connectivity index (χ4n) is 3.80. The van der Waals surface area contributed by atoms with Crippen molar-refractivity contribution >= 4 is 28.4 Å². The number of para-hydroxylation sites is 1. The Morgan fingerprint density at radius 3 is 2.55 bits per heavy atom. The highest BCUT2D eigenvalue weighted by Crippen LogP contribution is 2.23. The van der Waals surface area contributed by atoms with Crippen molar-refractivity contribution in [2.75, 3.05) is 12.4 Å². The molecule has 0 aliphatic heterocycles. The van der Waals surface area contributed by atoms with Gasteiger partial charge in [-0.1, -0.05) is 30.3 Å². The van der Waals surface area contributed by atoms with Crippen LogP contribution in [0, 0.1) is 6.92 Å². The van der Waals surface area contributed by atoms with Crippen LogP contribution in [0.5, 0.6) is 5.75 Å². The number of rotatable bonds is 8. The van der Waals surface area contributed by atoms with Gasteiger partial charge in [-0.2, -0.15) is 0 Å². The van der Waals surface area contributed by atoms with Gasteiger partial charge in [0.15, 0.2) is 5.78 Å². The first kappa shape index (κ1) is 22.0. The van der Waals surface area contributed by atoms with Crippen molar-refractivity contribution in [2.45, 2.75) is 19.9 Å². The van der Waals surface area contributed by atoms with E-state index < -0.39 is 5.91 Å². The lowest BCUT2D eigenvalue weighted by Gasteiger charge is -2.11. The normalized spacial score (nSPS) is 10.7. The number of benzene rings is 3. The summed E-state index contributed by atoms with van der Waals surface area (Å²) in [5.41, 5.74) is 9.85. The topological polar surface area (TPSA) is 107 Å². The van der Waals surface area contributed by atoms with Gasteiger partial charge >= 0.3 is 0 Å². The first-order valence-electron chi connectivity index (χ1n) is 10.5. The zero-order chi connectivity index (χ0) is 23.4. The van der Waals surface area contributed by atoms with E-state index in [0.29, 0.717) is 35.4 Å². The molecule has 0 saturated heterocycles. The molecule has 0 aliphatic rings. The largest absolute Gasteiger partial charge is 0.496 e. The predicted octanol–water partition coefficient (Wildman–Crippen LogP) is 4.08. The molecule has 0 saturated carbocycles. The van der Waals surface area contributed by atoms with Crippen LogP contribution in [0.25, 0.3) is 10.9 Å². The molecule has 0 spiro atoms. The number of hydrogen-bond donors (Lipinski definition) is 2. The van der Waals surface area contributed by atoms with E-state index in [1.54, 1.807) is 25.3 Å². The second-order valence-corrected chi connectivity index (χ2v) is 7.75. The number of carbonyl (C=O) groups excluding carboxylic acids is 2. The number of ether oxygens (including phenoxy) is 1. The smallest absolute Gasteiger partial charge is 0.250 e. The number of nitrogens with two attached hydrogens (primary N) is 1. The van der Waals surface area contributed by atoms with Gasteiger partial charge in [-0.3, -0.25) is 9.59 Å². The van der Waals surface area contributed by atoms with Crippen LogP contribution in [0.3, 0.4) is 0 Å². The lowest BCUT2D eigenvalue weighted by Crippen LogP contribution is -2.12. The Hall–Kier alpha value is -4.26. The van der Waals surface area contributed by atoms with Crippen molar-refractivity contribution in [1.29, 1.82) is 0 Å². The summed E-state index contributed by atoms with van der Waals surface area (Å²) < 4.78 is 5.27. The van der Waals surface area contributed by atoms with E-state index in [9.17, 15) is 9.59 Å². The predicted molar refractivity (Wildman–Crippen MR) is 128 cm³/mol. The number of Topliss-reactive ketones (excluding diaryl/α,β-unsaturated/α-hetero) is 1. The van der Waals surface area contributed by atoms with Crippen LogP contribution < -0.4 is 15.8 Å². The summed E-state index contributed by atoms with van der Waals surface area (Å²) >= 11 is 0. The van der Waals surface area contributed by atoms with Crippen LogP contribution in [0.2, 0.25) is 0 Å². The average Bonchev–Trinajstić information content (AvgIpc) is 2.82. The number of amides is 1. The number of hydrogen-bond acceptors (Lipinski definition) is 6. The van der Waals surface area contributed by atoms with E-state index >= 15 is 0 Å². The fourth-order valence-corrected chi connectivity index (χ4v) is 3.80. The van der Waals surface area contributed by atoms with Crippen LogP contribution in [-0.4, -0.2) is 28.8 Å². The van der Waals surface area contributed by atoms with Gasteiger partial charge in [0.05, 0.1) is 18.2 Å². The van der Waals surface area contributed by atoms with Gasteiger partial charge in [0.25, 0.3) is 5.91 Å². The quantitative estimate of drug-likeness (QED) is 0.400. The zero-order valence-electron chi connectivity index (χ0n) is 18.5. The SMILES string of the molecule is COc1ccc(C(=O)Cc2cccc(CNc3ncnc4c(C(N)=O)cccc34)c2)cc1C. The molecule has 0 fully saturated rings. The van der Waals surface area contributed by atoms with Gasteiger partial charge in [0.1, 0.15) is 17.9 Å². The molecule has 3 aromatic carbocycles. The minimum absolute atomic E-state index is 0.0478. The first-order chi connectivity index (χ1) is 16.0. The summed E-state index contributed by atoms with van der Waals surface area (Å²) in [7, 11) is 1.62. The molecule has 7 heteroatoms.